The molecular weight excluding hydrogens is 108 g/mol. The van der Waals surface area contributed by atoms with Crippen LogP contribution in [-0.4, -0.2) is 0 Å². The molecule has 0 heteroatoms. The molecule has 1 rings (SSSR count). The summed E-state index contributed by atoms with van der Waals surface area (Å²) in [6, 6.07) is 0. The van der Waals surface area contributed by atoms with E-state index in [1.165, 1.54) is 12.8 Å². The van der Waals surface area contributed by atoms with Crippen LogP contribution in [0.4, 0.5) is 0 Å². The maximum atomic E-state index is 8.03. The first-order valence-electron chi connectivity index (χ1n) is 5.15. The minimum atomic E-state index is -0.420. The van der Waals surface area contributed by atoms with Crippen molar-refractivity contribution in [1.82, 2.24) is 0 Å². The first kappa shape index (κ1) is 4.76. The van der Waals surface area contributed by atoms with Crippen LogP contribution in [0.5, 0.6) is 0 Å². The van der Waals surface area contributed by atoms with Crippen LogP contribution >= 0.6 is 0 Å². The lowest BCUT2D eigenvalue weighted by molar-refractivity contribution is 0.446. The summed E-state index contributed by atoms with van der Waals surface area (Å²) in [5.74, 6) is -0.420. The van der Waals surface area contributed by atoms with E-state index in [-0.39, 0.29) is 6.40 Å². The predicted octanol–water partition coefficient (Wildman–Crippen LogP) is 3.37. The molecule has 54 valence electrons. The van der Waals surface area contributed by atoms with Gasteiger partial charge in [0, 0.05) is 2.74 Å². The van der Waals surface area contributed by atoms with Crippen molar-refractivity contribution in [3.63, 3.8) is 0 Å². The maximum Gasteiger partial charge on any atom is 0.0303 e. The predicted molar refractivity (Wildman–Crippen MR) is 41.5 cm³/mol. The van der Waals surface area contributed by atoms with Crippen LogP contribution in [0.3, 0.4) is 0 Å². The largest absolute Gasteiger partial charge is 0.0651 e. The van der Waals surface area contributed by atoms with Crippen molar-refractivity contribution in [2.45, 2.75) is 51.8 Å². The summed E-state index contributed by atoms with van der Waals surface area (Å²) in [4.78, 5) is 0. The zero-order chi connectivity index (χ0) is 8.32. The number of rotatable bonds is 1. The number of hydrogen-bond donors (Lipinski definition) is 0. The highest BCUT2D eigenvalue weighted by Gasteiger charge is 2.08. The van der Waals surface area contributed by atoms with Gasteiger partial charge in [-0.2, -0.15) is 0 Å². The van der Waals surface area contributed by atoms with E-state index in [0.29, 0.717) is 0 Å². The fraction of sp³-hybridized carbons (Fsp3) is 1.00. The SMILES string of the molecule is [2H]C(C)C1([2H])CCCCCC1. The van der Waals surface area contributed by atoms with Crippen LogP contribution in [0.2, 0.25) is 0 Å². The zero-order valence-electron chi connectivity index (χ0n) is 8.32. The summed E-state index contributed by atoms with van der Waals surface area (Å²) in [6.07, 6.45) is 6.54. The quantitative estimate of drug-likeness (QED) is 0.475. The van der Waals surface area contributed by atoms with E-state index < -0.39 is 5.89 Å². The van der Waals surface area contributed by atoms with Crippen molar-refractivity contribution in [2.24, 2.45) is 5.89 Å². The molecule has 1 aliphatic rings. The lowest BCUT2D eigenvalue weighted by Gasteiger charge is -2.08. The molecule has 0 bridgehead atoms. The van der Waals surface area contributed by atoms with Crippen molar-refractivity contribution in [1.29, 1.82) is 0 Å². The van der Waals surface area contributed by atoms with Crippen molar-refractivity contribution < 1.29 is 2.74 Å². The van der Waals surface area contributed by atoms with Gasteiger partial charge >= 0.3 is 0 Å². The van der Waals surface area contributed by atoms with E-state index in [4.69, 9.17) is 2.74 Å². The normalized spacial score (nSPS) is 33.9. The van der Waals surface area contributed by atoms with Crippen LogP contribution in [0.25, 0.3) is 0 Å². The lowest BCUT2D eigenvalue weighted by Crippen LogP contribution is -1.94. The fourth-order valence-electron chi connectivity index (χ4n) is 1.47. The molecule has 0 aromatic carbocycles. The molecule has 0 aromatic rings. The van der Waals surface area contributed by atoms with Gasteiger partial charge in [0.1, 0.15) is 0 Å². The van der Waals surface area contributed by atoms with Gasteiger partial charge in [0.25, 0.3) is 0 Å². The summed E-state index contributed by atoms with van der Waals surface area (Å²) >= 11 is 0. The Balaban J connectivity index is 2.52. The van der Waals surface area contributed by atoms with Gasteiger partial charge in [0.2, 0.25) is 0 Å². The van der Waals surface area contributed by atoms with Gasteiger partial charge in [-0.3, -0.25) is 0 Å². The second kappa shape index (κ2) is 3.92. The Hall–Kier alpha value is 0. The molecule has 0 aromatic heterocycles. The van der Waals surface area contributed by atoms with Crippen molar-refractivity contribution in [2.75, 3.05) is 0 Å². The zero-order valence-corrected chi connectivity index (χ0v) is 6.32. The van der Waals surface area contributed by atoms with Gasteiger partial charge in [0.15, 0.2) is 0 Å². The Labute approximate surface area is 61.5 Å². The Bertz CT molecular complexity index is 113. The van der Waals surface area contributed by atoms with E-state index in [0.717, 1.165) is 25.7 Å². The Morgan fingerprint density at radius 2 is 1.89 bits per heavy atom. The van der Waals surface area contributed by atoms with Gasteiger partial charge in [0.05, 0.1) is 0 Å². The molecule has 9 heavy (non-hydrogen) atoms. The van der Waals surface area contributed by atoms with Gasteiger partial charge in [-0.25, -0.2) is 0 Å². The highest BCUT2D eigenvalue weighted by atomic mass is 14.1. The summed E-state index contributed by atoms with van der Waals surface area (Å²) in [6.45, 7) is 1.86. The minimum absolute atomic E-state index is 0.208. The molecule has 0 amide bonds. The summed E-state index contributed by atoms with van der Waals surface area (Å²) < 4.78 is 15.6. The topological polar surface area (TPSA) is 0 Å². The van der Waals surface area contributed by atoms with Gasteiger partial charge in [-0.1, -0.05) is 51.8 Å². The monoisotopic (exact) mass is 128 g/mol. The fourth-order valence-corrected chi connectivity index (χ4v) is 1.47. The Morgan fingerprint density at radius 1 is 1.33 bits per heavy atom. The Kier molecular flexibility index (Phi) is 2.07. The second-order valence-electron chi connectivity index (χ2n) is 2.86. The Morgan fingerprint density at radius 3 is 2.33 bits per heavy atom. The maximum absolute atomic E-state index is 8.03. The third kappa shape index (κ3) is 2.38. The molecule has 1 unspecified atom stereocenters. The number of hydrogen-bond acceptors (Lipinski definition) is 0. The third-order valence-electron chi connectivity index (χ3n) is 2.15. The van der Waals surface area contributed by atoms with Crippen LogP contribution in [-0.2, 0) is 0 Å². The van der Waals surface area contributed by atoms with E-state index >= 15 is 0 Å². The summed E-state index contributed by atoms with van der Waals surface area (Å²) in [5, 5.41) is 0. The average molecular weight is 128 g/mol. The average Bonchev–Trinajstić information content (AvgIpc) is 2.15. The highest BCUT2D eigenvalue weighted by molar-refractivity contribution is 4.62. The standard InChI is InChI=1S/C9H18/c1-2-9-7-5-3-4-6-8-9/h9H,2-8H2,1H3/i2D,9D. The molecule has 0 saturated heterocycles. The summed E-state index contributed by atoms with van der Waals surface area (Å²) in [7, 11) is 0. The molecule has 1 saturated carbocycles. The molecule has 0 spiro atoms. The third-order valence-corrected chi connectivity index (χ3v) is 2.15. The minimum Gasteiger partial charge on any atom is -0.0651 e. The first-order chi connectivity index (χ1) is 5.15. The van der Waals surface area contributed by atoms with E-state index in [9.17, 15) is 0 Å². The molecule has 0 radical (unpaired) electrons. The van der Waals surface area contributed by atoms with Crippen LogP contribution in [0.15, 0.2) is 0 Å². The summed E-state index contributed by atoms with van der Waals surface area (Å²) in [5.41, 5.74) is 0. The van der Waals surface area contributed by atoms with Crippen LogP contribution in [0.1, 0.15) is 54.6 Å². The van der Waals surface area contributed by atoms with Crippen LogP contribution in [0, 0.1) is 5.89 Å². The molecule has 1 fully saturated rings. The van der Waals surface area contributed by atoms with Crippen molar-refractivity contribution in [3.8, 4) is 0 Å². The molecule has 0 N–H and O–H groups in total. The lowest BCUT2D eigenvalue weighted by atomic mass is 9.98. The van der Waals surface area contributed by atoms with Gasteiger partial charge < -0.3 is 0 Å². The smallest absolute Gasteiger partial charge is 0.0303 e. The second-order valence-corrected chi connectivity index (χ2v) is 2.86. The molecule has 0 nitrogen and oxygen atoms in total. The van der Waals surface area contributed by atoms with E-state index in [1.807, 2.05) is 6.92 Å². The molecule has 1 aliphatic carbocycles. The van der Waals surface area contributed by atoms with Gasteiger partial charge in [-0.05, 0) is 5.89 Å². The van der Waals surface area contributed by atoms with E-state index in [2.05, 4.69) is 0 Å². The first-order valence-corrected chi connectivity index (χ1v) is 4.07. The van der Waals surface area contributed by atoms with Crippen LogP contribution < -0.4 is 0 Å². The molecule has 0 heterocycles. The molecule has 0 aliphatic heterocycles. The molecule has 1 atom stereocenters. The van der Waals surface area contributed by atoms with Gasteiger partial charge in [-0.15, -0.1) is 0 Å². The van der Waals surface area contributed by atoms with Crippen molar-refractivity contribution >= 4 is 0 Å². The van der Waals surface area contributed by atoms with E-state index in [1.54, 1.807) is 0 Å². The highest BCUT2D eigenvalue weighted by Crippen LogP contribution is 2.24. The van der Waals surface area contributed by atoms with Crippen molar-refractivity contribution in [3.05, 3.63) is 0 Å². The molecular formula is C9H18.